The number of nitrogens with zero attached hydrogens (tertiary/aromatic N) is 4. The van der Waals surface area contributed by atoms with Crippen LogP contribution in [0.1, 0.15) is 21.7 Å². The van der Waals surface area contributed by atoms with Crippen molar-refractivity contribution in [3.63, 3.8) is 0 Å². The first-order valence-electron chi connectivity index (χ1n) is 7.32. The molecule has 0 aliphatic rings. The normalized spacial score (nSPS) is 11.3. The molecule has 1 amide bonds. The molecule has 10 heteroatoms. The van der Waals surface area contributed by atoms with E-state index in [0.29, 0.717) is 22.8 Å². The molecule has 3 rings (SSSR count). The Kier molecular flexibility index (Phi) is 4.57. The smallest absolute Gasteiger partial charge is 0.416 e. The topological polar surface area (TPSA) is 95.9 Å². The minimum Gasteiger partial charge on any atom is -0.486 e. The van der Waals surface area contributed by atoms with E-state index >= 15 is 0 Å². The Morgan fingerprint density at radius 2 is 1.73 bits per heavy atom. The van der Waals surface area contributed by atoms with Crippen LogP contribution >= 0.6 is 0 Å². The fourth-order valence-corrected chi connectivity index (χ4v) is 2.15. The summed E-state index contributed by atoms with van der Waals surface area (Å²) in [4.78, 5) is 11.0. The predicted molar refractivity (Wildman–Crippen MR) is 83.4 cm³/mol. The monoisotopic (exact) mass is 363 g/mol. The number of rotatable bonds is 5. The summed E-state index contributed by atoms with van der Waals surface area (Å²) in [5.74, 6) is 0.198. The maximum Gasteiger partial charge on any atom is 0.416 e. The van der Waals surface area contributed by atoms with E-state index in [2.05, 4.69) is 15.5 Å². The van der Waals surface area contributed by atoms with Gasteiger partial charge in [0.15, 0.2) is 5.82 Å². The molecule has 0 bridgehead atoms. The SMILES string of the molecule is NC(=O)c1ccc(OCc2nnnn2-c2ccc(C(F)(F)F)cc2)cc1. The summed E-state index contributed by atoms with van der Waals surface area (Å²) in [7, 11) is 0. The highest BCUT2D eigenvalue weighted by atomic mass is 19.4. The molecule has 2 aromatic carbocycles. The lowest BCUT2D eigenvalue weighted by Crippen LogP contribution is -2.11. The number of amides is 1. The van der Waals surface area contributed by atoms with Gasteiger partial charge in [-0.1, -0.05) is 0 Å². The summed E-state index contributed by atoms with van der Waals surface area (Å²) in [6, 6.07) is 10.6. The van der Waals surface area contributed by atoms with Crippen LogP contribution in [0.5, 0.6) is 5.75 Å². The first-order valence-corrected chi connectivity index (χ1v) is 7.32. The Bertz CT molecular complexity index is 905. The summed E-state index contributed by atoms with van der Waals surface area (Å²) < 4.78 is 44.7. The molecule has 0 radical (unpaired) electrons. The standard InChI is InChI=1S/C16H12F3N5O2/c17-16(18,19)11-3-5-12(6-4-11)24-14(21-22-23-24)9-26-13-7-1-10(2-8-13)15(20)25/h1-8H,9H2,(H2,20,25). The van der Waals surface area contributed by atoms with Gasteiger partial charge in [0.1, 0.15) is 12.4 Å². The molecule has 0 aliphatic carbocycles. The summed E-state index contributed by atoms with van der Waals surface area (Å²) in [6.45, 7) is -0.0239. The van der Waals surface area contributed by atoms with Gasteiger partial charge in [0, 0.05) is 5.56 Å². The Labute approximate surface area is 145 Å². The third-order valence-electron chi connectivity index (χ3n) is 3.48. The summed E-state index contributed by atoms with van der Waals surface area (Å²) >= 11 is 0. The number of aromatic nitrogens is 4. The third-order valence-corrected chi connectivity index (χ3v) is 3.48. The first kappa shape index (κ1) is 17.4. The second kappa shape index (κ2) is 6.82. The van der Waals surface area contributed by atoms with Crippen LogP contribution in [0.15, 0.2) is 48.5 Å². The average Bonchev–Trinajstić information content (AvgIpc) is 3.08. The molecule has 0 aliphatic heterocycles. The molecule has 26 heavy (non-hydrogen) atoms. The van der Waals surface area contributed by atoms with Crippen LogP contribution < -0.4 is 10.5 Å². The van der Waals surface area contributed by atoms with Crippen LogP contribution in [-0.4, -0.2) is 26.1 Å². The van der Waals surface area contributed by atoms with Gasteiger partial charge in [-0.15, -0.1) is 5.10 Å². The lowest BCUT2D eigenvalue weighted by molar-refractivity contribution is -0.137. The van der Waals surface area contributed by atoms with Crippen molar-refractivity contribution in [1.29, 1.82) is 0 Å². The molecule has 3 aromatic rings. The highest BCUT2D eigenvalue weighted by Crippen LogP contribution is 2.29. The maximum atomic E-state index is 12.6. The second-order valence-corrected chi connectivity index (χ2v) is 5.23. The molecule has 0 spiro atoms. The van der Waals surface area contributed by atoms with E-state index < -0.39 is 17.6 Å². The van der Waals surface area contributed by atoms with Gasteiger partial charge in [-0.05, 0) is 59.0 Å². The summed E-state index contributed by atoms with van der Waals surface area (Å²) in [6.07, 6.45) is -4.41. The largest absolute Gasteiger partial charge is 0.486 e. The van der Waals surface area contributed by atoms with E-state index in [1.165, 1.54) is 28.9 Å². The first-order chi connectivity index (χ1) is 12.3. The molecule has 1 aromatic heterocycles. The van der Waals surface area contributed by atoms with Gasteiger partial charge in [-0.3, -0.25) is 4.79 Å². The molecule has 0 fully saturated rings. The number of hydrogen-bond donors (Lipinski definition) is 1. The molecule has 0 saturated carbocycles. The fraction of sp³-hybridized carbons (Fsp3) is 0.125. The number of nitrogens with two attached hydrogens (primary N) is 1. The van der Waals surface area contributed by atoms with Crippen LogP contribution in [-0.2, 0) is 12.8 Å². The number of hydrogen-bond acceptors (Lipinski definition) is 5. The van der Waals surface area contributed by atoms with E-state index in [1.54, 1.807) is 12.1 Å². The molecular formula is C16H12F3N5O2. The lowest BCUT2D eigenvalue weighted by atomic mass is 10.2. The van der Waals surface area contributed by atoms with E-state index in [9.17, 15) is 18.0 Å². The van der Waals surface area contributed by atoms with Gasteiger partial charge in [0.25, 0.3) is 0 Å². The highest BCUT2D eigenvalue weighted by Gasteiger charge is 2.30. The van der Waals surface area contributed by atoms with Crippen molar-refractivity contribution < 1.29 is 22.7 Å². The molecular weight excluding hydrogens is 351 g/mol. The Morgan fingerprint density at radius 1 is 1.08 bits per heavy atom. The van der Waals surface area contributed by atoms with Crippen molar-refractivity contribution in [2.75, 3.05) is 0 Å². The molecule has 0 saturated heterocycles. The van der Waals surface area contributed by atoms with Crippen molar-refractivity contribution >= 4 is 5.91 Å². The summed E-state index contributed by atoms with van der Waals surface area (Å²) in [5.41, 5.74) is 5.10. The Morgan fingerprint density at radius 3 is 2.31 bits per heavy atom. The zero-order valence-corrected chi connectivity index (χ0v) is 13.1. The molecule has 2 N–H and O–H groups in total. The van der Waals surface area contributed by atoms with Gasteiger partial charge in [0.05, 0.1) is 11.3 Å². The van der Waals surface area contributed by atoms with Crippen LogP contribution in [0.4, 0.5) is 13.2 Å². The van der Waals surface area contributed by atoms with E-state index in [-0.39, 0.29) is 6.61 Å². The van der Waals surface area contributed by atoms with Gasteiger partial charge < -0.3 is 10.5 Å². The number of carbonyl (C=O) groups is 1. The summed E-state index contributed by atoms with van der Waals surface area (Å²) in [5, 5.41) is 11.1. The van der Waals surface area contributed by atoms with Crippen molar-refractivity contribution in [1.82, 2.24) is 20.2 Å². The molecule has 0 atom stereocenters. The number of halogens is 3. The highest BCUT2D eigenvalue weighted by molar-refractivity contribution is 5.92. The van der Waals surface area contributed by atoms with Crippen molar-refractivity contribution in [3.05, 3.63) is 65.5 Å². The van der Waals surface area contributed by atoms with Crippen LogP contribution in [0, 0.1) is 0 Å². The van der Waals surface area contributed by atoms with Crippen LogP contribution in [0.2, 0.25) is 0 Å². The number of benzene rings is 2. The Balaban J connectivity index is 1.73. The van der Waals surface area contributed by atoms with Crippen molar-refractivity contribution in [2.24, 2.45) is 5.73 Å². The van der Waals surface area contributed by atoms with Gasteiger partial charge in [0.2, 0.25) is 5.91 Å². The van der Waals surface area contributed by atoms with Crippen molar-refractivity contribution in [3.8, 4) is 11.4 Å². The maximum absolute atomic E-state index is 12.6. The molecule has 134 valence electrons. The van der Waals surface area contributed by atoms with Crippen molar-refractivity contribution in [2.45, 2.75) is 12.8 Å². The van der Waals surface area contributed by atoms with Gasteiger partial charge in [-0.2, -0.15) is 17.9 Å². The fourth-order valence-electron chi connectivity index (χ4n) is 2.15. The van der Waals surface area contributed by atoms with E-state index in [0.717, 1.165) is 12.1 Å². The van der Waals surface area contributed by atoms with E-state index in [4.69, 9.17) is 10.5 Å². The number of alkyl halides is 3. The average molecular weight is 363 g/mol. The Hall–Kier alpha value is -3.43. The number of primary amides is 1. The van der Waals surface area contributed by atoms with Crippen LogP contribution in [0.3, 0.4) is 0 Å². The molecule has 0 unspecified atom stereocenters. The number of carbonyl (C=O) groups excluding carboxylic acids is 1. The molecule has 7 nitrogen and oxygen atoms in total. The predicted octanol–water partition coefficient (Wildman–Crippen LogP) is 2.36. The quantitative estimate of drug-likeness (QED) is 0.751. The lowest BCUT2D eigenvalue weighted by Gasteiger charge is -2.09. The zero-order valence-electron chi connectivity index (χ0n) is 13.1. The van der Waals surface area contributed by atoms with Gasteiger partial charge in [-0.25, -0.2) is 0 Å². The van der Waals surface area contributed by atoms with Crippen LogP contribution in [0.25, 0.3) is 5.69 Å². The minimum absolute atomic E-state index is 0.0239. The number of tetrazole rings is 1. The minimum atomic E-state index is -4.41. The zero-order chi connectivity index (χ0) is 18.7. The second-order valence-electron chi connectivity index (χ2n) is 5.23. The van der Waals surface area contributed by atoms with E-state index in [1.807, 2.05) is 0 Å². The van der Waals surface area contributed by atoms with Gasteiger partial charge >= 0.3 is 6.18 Å². The molecule has 1 heterocycles. The third kappa shape index (κ3) is 3.79. The number of ether oxygens (including phenoxy) is 1.